The van der Waals surface area contributed by atoms with E-state index in [1.807, 2.05) is 30.8 Å². The molecule has 2 rings (SSSR count). The molecule has 0 aliphatic heterocycles. The lowest BCUT2D eigenvalue weighted by atomic mass is 10.2. The summed E-state index contributed by atoms with van der Waals surface area (Å²) in [6.45, 7) is 9.37. The Kier molecular flexibility index (Phi) is 3.99. The van der Waals surface area contributed by atoms with E-state index in [4.69, 9.17) is 0 Å². The number of likely N-dealkylation sites (N-methyl/N-ethyl adjacent to an activating group) is 1. The maximum Gasteiger partial charge on any atom is 0.253 e. The Labute approximate surface area is 115 Å². The summed E-state index contributed by atoms with van der Waals surface area (Å²) >= 11 is 0. The molecule has 1 fully saturated rings. The molecule has 1 amide bonds. The van der Waals surface area contributed by atoms with Gasteiger partial charge in [-0.2, -0.15) is 0 Å². The number of rotatable bonds is 6. The van der Waals surface area contributed by atoms with Crippen molar-refractivity contribution < 1.29 is 4.79 Å². The van der Waals surface area contributed by atoms with Gasteiger partial charge in [-0.3, -0.25) is 4.79 Å². The Morgan fingerprint density at radius 1 is 1.42 bits per heavy atom. The summed E-state index contributed by atoms with van der Waals surface area (Å²) in [5.74, 6) is 0.0720. The minimum atomic E-state index is 0.0192. The first kappa shape index (κ1) is 14.1. The van der Waals surface area contributed by atoms with E-state index in [9.17, 15) is 4.79 Å². The Hall–Kier alpha value is -1.29. The van der Waals surface area contributed by atoms with Crippen molar-refractivity contribution in [2.24, 2.45) is 7.05 Å². The number of aryl methyl sites for hydroxylation is 1. The predicted molar refractivity (Wildman–Crippen MR) is 77.4 cm³/mol. The van der Waals surface area contributed by atoms with Crippen LogP contribution in [0.25, 0.3) is 0 Å². The van der Waals surface area contributed by atoms with Gasteiger partial charge in [0, 0.05) is 25.5 Å². The first-order chi connectivity index (χ1) is 9.01. The molecule has 0 bridgehead atoms. The predicted octanol–water partition coefficient (Wildman–Crippen LogP) is 1.94. The SMILES string of the molecule is CCN(CC)CC1(NC(=O)c2ccn(C)c2C)CC1. The molecule has 1 saturated carbocycles. The minimum absolute atomic E-state index is 0.0192. The second-order valence-corrected chi connectivity index (χ2v) is 5.62. The quantitative estimate of drug-likeness (QED) is 0.851. The van der Waals surface area contributed by atoms with Crippen molar-refractivity contribution in [2.45, 2.75) is 39.2 Å². The van der Waals surface area contributed by atoms with Crippen molar-refractivity contribution in [3.63, 3.8) is 0 Å². The number of hydrogen-bond donors (Lipinski definition) is 1. The molecular weight excluding hydrogens is 238 g/mol. The van der Waals surface area contributed by atoms with E-state index in [0.717, 1.165) is 43.7 Å². The molecule has 0 radical (unpaired) electrons. The van der Waals surface area contributed by atoms with Crippen LogP contribution in [0.3, 0.4) is 0 Å². The van der Waals surface area contributed by atoms with Crippen LogP contribution < -0.4 is 5.32 Å². The van der Waals surface area contributed by atoms with Crippen molar-refractivity contribution in [3.05, 3.63) is 23.5 Å². The third-order valence-electron chi connectivity index (χ3n) is 4.28. The van der Waals surface area contributed by atoms with Gasteiger partial charge in [-0.1, -0.05) is 13.8 Å². The zero-order chi connectivity index (χ0) is 14.0. The highest BCUT2D eigenvalue weighted by Gasteiger charge is 2.45. The first-order valence-electron chi connectivity index (χ1n) is 7.18. The van der Waals surface area contributed by atoms with Crippen LogP contribution in [0.1, 0.15) is 42.7 Å². The molecule has 1 aromatic heterocycles. The number of hydrogen-bond acceptors (Lipinski definition) is 2. The van der Waals surface area contributed by atoms with Crippen molar-refractivity contribution in [2.75, 3.05) is 19.6 Å². The molecule has 0 atom stereocenters. The normalized spacial score (nSPS) is 16.7. The van der Waals surface area contributed by atoms with Crippen LogP contribution in [0, 0.1) is 6.92 Å². The van der Waals surface area contributed by atoms with E-state index in [2.05, 4.69) is 24.1 Å². The Morgan fingerprint density at radius 2 is 2.05 bits per heavy atom. The summed E-state index contributed by atoms with van der Waals surface area (Å²) in [6.07, 6.45) is 4.14. The fourth-order valence-corrected chi connectivity index (χ4v) is 2.51. The second kappa shape index (κ2) is 5.37. The molecule has 0 spiro atoms. The van der Waals surface area contributed by atoms with Crippen LogP contribution in [0.2, 0.25) is 0 Å². The lowest BCUT2D eigenvalue weighted by Crippen LogP contribution is -2.46. The third-order valence-corrected chi connectivity index (χ3v) is 4.28. The lowest BCUT2D eigenvalue weighted by Gasteiger charge is -2.26. The summed E-state index contributed by atoms with van der Waals surface area (Å²) in [5, 5.41) is 3.24. The molecule has 1 N–H and O–H groups in total. The highest BCUT2D eigenvalue weighted by Crippen LogP contribution is 2.36. The lowest BCUT2D eigenvalue weighted by molar-refractivity contribution is 0.0917. The Balaban J connectivity index is 2.01. The van der Waals surface area contributed by atoms with Crippen molar-refractivity contribution in [1.82, 2.24) is 14.8 Å². The van der Waals surface area contributed by atoms with E-state index in [0.29, 0.717) is 0 Å². The van der Waals surface area contributed by atoms with Crippen LogP contribution in [0.5, 0.6) is 0 Å². The highest BCUT2D eigenvalue weighted by molar-refractivity contribution is 5.96. The molecule has 4 nitrogen and oxygen atoms in total. The highest BCUT2D eigenvalue weighted by atomic mass is 16.1. The van der Waals surface area contributed by atoms with E-state index >= 15 is 0 Å². The van der Waals surface area contributed by atoms with Gasteiger partial charge < -0.3 is 14.8 Å². The summed E-state index contributed by atoms with van der Waals surface area (Å²) in [5.41, 5.74) is 1.84. The number of amides is 1. The van der Waals surface area contributed by atoms with E-state index in [1.165, 1.54) is 0 Å². The molecular formula is C15H25N3O. The molecule has 1 aliphatic carbocycles. The largest absolute Gasteiger partial charge is 0.354 e. The van der Waals surface area contributed by atoms with E-state index in [1.54, 1.807) is 0 Å². The molecule has 1 heterocycles. The zero-order valence-electron chi connectivity index (χ0n) is 12.5. The van der Waals surface area contributed by atoms with Crippen molar-refractivity contribution >= 4 is 5.91 Å². The summed E-state index contributed by atoms with van der Waals surface area (Å²) < 4.78 is 1.98. The van der Waals surface area contributed by atoms with Gasteiger partial charge in [0.25, 0.3) is 5.91 Å². The third kappa shape index (κ3) is 3.00. The number of aromatic nitrogens is 1. The van der Waals surface area contributed by atoms with Gasteiger partial charge in [0.2, 0.25) is 0 Å². The van der Waals surface area contributed by atoms with Crippen LogP contribution in [-0.2, 0) is 7.05 Å². The van der Waals surface area contributed by atoms with Gasteiger partial charge in [-0.25, -0.2) is 0 Å². The van der Waals surface area contributed by atoms with Gasteiger partial charge in [0.15, 0.2) is 0 Å². The maximum atomic E-state index is 12.3. The van der Waals surface area contributed by atoms with Gasteiger partial charge >= 0.3 is 0 Å². The summed E-state index contributed by atoms with van der Waals surface area (Å²) in [7, 11) is 1.97. The monoisotopic (exact) mass is 263 g/mol. The first-order valence-corrected chi connectivity index (χ1v) is 7.18. The fourth-order valence-electron chi connectivity index (χ4n) is 2.51. The molecule has 0 aromatic carbocycles. The molecule has 106 valence electrons. The van der Waals surface area contributed by atoms with Crippen LogP contribution in [0.15, 0.2) is 12.3 Å². The van der Waals surface area contributed by atoms with Crippen LogP contribution >= 0.6 is 0 Å². The number of carbonyl (C=O) groups excluding carboxylic acids is 1. The van der Waals surface area contributed by atoms with E-state index in [-0.39, 0.29) is 11.4 Å². The number of nitrogens with one attached hydrogen (secondary N) is 1. The Morgan fingerprint density at radius 3 is 2.47 bits per heavy atom. The fraction of sp³-hybridized carbons (Fsp3) is 0.667. The van der Waals surface area contributed by atoms with Crippen LogP contribution in [-0.4, -0.2) is 40.5 Å². The Bertz CT molecular complexity index is 456. The van der Waals surface area contributed by atoms with Gasteiger partial charge in [-0.05, 0) is 38.9 Å². The number of nitrogens with zero attached hydrogens (tertiary/aromatic N) is 2. The molecule has 0 unspecified atom stereocenters. The molecule has 1 aliphatic rings. The van der Waals surface area contributed by atoms with Gasteiger partial charge in [-0.15, -0.1) is 0 Å². The van der Waals surface area contributed by atoms with Crippen molar-refractivity contribution in [3.8, 4) is 0 Å². The number of carbonyl (C=O) groups is 1. The zero-order valence-corrected chi connectivity index (χ0v) is 12.5. The second-order valence-electron chi connectivity index (χ2n) is 5.62. The topological polar surface area (TPSA) is 37.3 Å². The molecule has 19 heavy (non-hydrogen) atoms. The van der Waals surface area contributed by atoms with Gasteiger partial charge in [0.1, 0.15) is 0 Å². The van der Waals surface area contributed by atoms with Crippen LogP contribution in [0.4, 0.5) is 0 Å². The molecule has 0 saturated heterocycles. The summed E-state index contributed by atoms with van der Waals surface area (Å²) in [4.78, 5) is 14.7. The molecule has 4 heteroatoms. The maximum absolute atomic E-state index is 12.3. The molecule has 1 aromatic rings. The average Bonchev–Trinajstić information content (AvgIpc) is 3.06. The smallest absolute Gasteiger partial charge is 0.253 e. The van der Waals surface area contributed by atoms with E-state index < -0.39 is 0 Å². The standard InChI is InChI=1S/C15H25N3O/c1-5-18(6-2)11-15(8-9-15)16-14(19)13-7-10-17(4)12(13)3/h7,10H,5-6,8-9,11H2,1-4H3,(H,16,19). The minimum Gasteiger partial charge on any atom is -0.354 e. The summed E-state index contributed by atoms with van der Waals surface area (Å²) in [6, 6.07) is 1.90. The van der Waals surface area contributed by atoms with Crippen molar-refractivity contribution in [1.29, 1.82) is 0 Å². The van der Waals surface area contributed by atoms with Gasteiger partial charge in [0.05, 0.1) is 11.1 Å². The average molecular weight is 263 g/mol.